The summed E-state index contributed by atoms with van der Waals surface area (Å²) in [6.45, 7) is 4.87. The molecule has 0 bridgehead atoms. The number of sulfonamides is 1. The lowest BCUT2D eigenvalue weighted by molar-refractivity contribution is 0.285. The molecule has 0 unspecified atom stereocenters. The number of aryl methyl sites for hydroxylation is 1. The lowest BCUT2D eigenvalue weighted by atomic mass is 10.4. The largest absolute Gasteiger partial charge is 0.391 e. The van der Waals surface area contributed by atoms with Gasteiger partial charge in [-0.15, -0.1) is 11.3 Å². The Morgan fingerprint density at radius 1 is 1.40 bits per heavy atom. The number of thioether (sulfide) groups is 1. The van der Waals surface area contributed by atoms with Crippen LogP contribution in [0.3, 0.4) is 0 Å². The first kappa shape index (κ1) is 16.3. The van der Waals surface area contributed by atoms with E-state index in [9.17, 15) is 8.42 Å². The van der Waals surface area contributed by atoms with Crippen LogP contribution in [-0.2, 0) is 16.6 Å². The Kier molecular flexibility index (Phi) is 5.88. The molecule has 1 saturated heterocycles. The third-order valence-corrected chi connectivity index (χ3v) is 6.89. The first-order chi connectivity index (χ1) is 9.53. The van der Waals surface area contributed by atoms with E-state index in [1.54, 1.807) is 13.0 Å². The summed E-state index contributed by atoms with van der Waals surface area (Å²) >= 11 is 3.26. The van der Waals surface area contributed by atoms with E-state index in [4.69, 9.17) is 5.11 Å². The first-order valence-electron chi connectivity index (χ1n) is 6.53. The van der Waals surface area contributed by atoms with Gasteiger partial charge < -0.3 is 10.0 Å². The highest BCUT2D eigenvalue weighted by Gasteiger charge is 2.20. The van der Waals surface area contributed by atoms with Crippen LogP contribution in [0.15, 0.2) is 11.0 Å². The van der Waals surface area contributed by atoms with Crippen LogP contribution in [0.4, 0.5) is 0 Å². The maximum Gasteiger partial charge on any atom is 0.241 e. The molecule has 1 aromatic heterocycles. The van der Waals surface area contributed by atoms with Crippen molar-refractivity contribution in [3.63, 3.8) is 0 Å². The molecule has 0 amide bonds. The highest BCUT2D eigenvalue weighted by Crippen LogP contribution is 2.25. The molecule has 0 aliphatic carbocycles. The standard InChI is InChI=1S/C12H20N2O3S3/c1-10-12(8-11(9-15)19-10)20(16,17)13-2-3-14-4-6-18-7-5-14/h8,13,15H,2-7,9H2,1H3. The van der Waals surface area contributed by atoms with E-state index < -0.39 is 10.0 Å². The molecule has 1 aliphatic rings. The van der Waals surface area contributed by atoms with E-state index in [1.807, 2.05) is 11.8 Å². The second kappa shape index (κ2) is 7.24. The molecule has 114 valence electrons. The molecule has 1 aromatic rings. The van der Waals surface area contributed by atoms with Gasteiger partial charge in [-0.1, -0.05) is 0 Å². The molecule has 1 aliphatic heterocycles. The zero-order chi connectivity index (χ0) is 14.6. The second-order valence-electron chi connectivity index (χ2n) is 4.64. The Balaban J connectivity index is 1.91. The number of nitrogens with one attached hydrogen (secondary N) is 1. The van der Waals surface area contributed by atoms with E-state index in [1.165, 1.54) is 11.3 Å². The van der Waals surface area contributed by atoms with Gasteiger partial charge in [-0.3, -0.25) is 0 Å². The Labute approximate surface area is 128 Å². The maximum absolute atomic E-state index is 12.2. The lowest BCUT2D eigenvalue weighted by Crippen LogP contribution is -2.39. The van der Waals surface area contributed by atoms with E-state index in [2.05, 4.69) is 9.62 Å². The minimum atomic E-state index is -3.46. The van der Waals surface area contributed by atoms with Gasteiger partial charge in [0.05, 0.1) is 11.5 Å². The zero-order valence-corrected chi connectivity index (χ0v) is 13.9. The molecule has 0 spiro atoms. The number of hydrogen-bond donors (Lipinski definition) is 2. The Bertz CT molecular complexity index is 536. The number of hydrogen-bond acceptors (Lipinski definition) is 6. The SMILES string of the molecule is Cc1sc(CO)cc1S(=O)(=O)NCCN1CCSCC1. The van der Waals surface area contributed by atoms with Crippen LogP contribution in [0.2, 0.25) is 0 Å². The van der Waals surface area contributed by atoms with Crippen LogP contribution >= 0.6 is 23.1 Å². The topological polar surface area (TPSA) is 69.6 Å². The van der Waals surface area contributed by atoms with Gasteiger partial charge >= 0.3 is 0 Å². The van der Waals surface area contributed by atoms with E-state index in [0.29, 0.717) is 16.3 Å². The molecule has 8 heteroatoms. The molecule has 20 heavy (non-hydrogen) atoms. The summed E-state index contributed by atoms with van der Waals surface area (Å²) in [7, 11) is -3.46. The normalized spacial score (nSPS) is 17.5. The quantitative estimate of drug-likeness (QED) is 0.807. The molecule has 0 aromatic carbocycles. The van der Waals surface area contributed by atoms with Crippen molar-refractivity contribution in [2.24, 2.45) is 0 Å². The van der Waals surface area contributed by atoms with Crippen LogP contribution in [0.1, 0.15) is 9.75 Å². The average Bonchev–Trinajstić information content (AvgIpc) is 2.82. The smallest absolute Gasteiger partial charge is 0.241 e. The fourth-order valence-corrected chi connectivity index (χ4v) is 5.60. The molecular weight excluding hydrogens is 316 g/mol. The number of aliphatic hydroxyl groups excluding tert-OH is 1. The fraction of sp³-hybridized carbons (Fsp3) is 0.667. The fourth-order valence-electron chi connectivity index (χ4n) is 2.11. The van der Waals surface area contributed by atoms with Crippen molar-refractivity contribution in [1.82, 2.24) is 9.62 Å². The summed E-state index contributed by atoms with van der Waals surface area (Å²) in [6, 6.07) is 1.56. The first-order valence-corrected chi connectivity index (χ1v) is 9.98. The minimum absolute atomic E-state index is 0.119. The monoisotopic (exact) mass is 336 g/mol. The predicted molar refractivity (Wildman–Crippen MR) is 83.9 cm³/mol. The molecule has 5 nitrogen and oxygen atoms in total. The van der Waals surface area contributed by atoms with Crippen LogP contribution < -0.4 is 4.72 Å². The van der Waals surface area contributed by atoms with Crippen molar-refractivity contribution in [3.8, 4) is 0 Å². The van der Waals surface area contributed by atoms with Crippen LogP contribution in [0.25, 0.3) is 0 Å². The van der Waals surface area contributed by atoms with Crippen molar-refractivity contribution >= 4 is 33.1 Å². The molecule has 2 heterocycles. The molecule has 0 saturated carbocycles. The van der Waals surface area contributed by atoms with Crippen molar-refractivity contribution in [1.29, 1.82) is 0 Å². The highest BCUT2D eigenvalue weighted by molar-refractivity contribution is 7.99. The van der Waals surface area contributed by atoms with Gasteiger partial charge in [-0.2, -0.15) is 11.8 Å². The van der Waals surface area contributed by atoms with Crippen molar-refractivity contribution in [2.45, 2.75) is 18.4 Å². The van der Waals surface area contributed by atoms with Crippen molar-refractivity contribution in [2.75, 3.05) is 37.7 Å². The summed E-state index contributed by atoms with van der Waals surface area (Å²) in [4.78, 5) is 3.96. The summed E-state index contributed by atoms with van der Waals surface area (Å²) in [6.07, 6.45) is 0. The summed E-state index contributed by atoms with van der Waals surface area (Å²) in [5.74, 6) is 2.24. The van der Waals surface area contributed by atoms with Crippen LogP contribution in [0.5, 0.6) is 0 Å². The van der Waals surface area contributed by atoms with Crippen LogP contribution in [-0.4, -0.2) is 56.1 Å². The van der Waals surface area contributed by atoms with Gasteiger partial charge in [0, 0.05) is 47.4 Å². The number of thiophene rings is 1. The minimum Gasteiger partial charge on any atom is -0.391 e. The average molecular weight is 337 g/mol. The van der Waals surface area contributed by atoms with Gasteiger partial charge in [-0.25, -0.2) is 13.1 Å². The van der Waals surface area contributed by atoms with Gasteiger partial charge in [0.1, 0.15) is 0 Å². The highest BCUT2D eigenvalue weighted by atomic mass is 32.2. The molecule has 0 atom stereocenters. The molecule has 2 N–H and O–H groups in total. The van der Waals surface area contributed by atoms with Crippen LogP contribution in [0, 0.1) is 6.92 Å². The Morgan fingerprint density at radius 3 is 2.70 bits per heavy atom. The zero-order valence-electron chi connectivity index (χ0n) is 11.5. The van der Waals surface area contributed by atoms with E-state index in [0.717, 1.165) is 36.0 Å². The third-order valence-electron chi connectivity index (χ3n) is 3.19. The summed E-state index contributed by atoms with van der Waals surface area (Å²) in [5.41, 5.74) is 0. The molecular formula is C12H20N2O3S3. The molecule has 1 fully saturated rings. The van der Waals surface area contributed by atoms with E-state index in [-0.39, 0.29) is 6.61 Å². The van der Waals surface area contributed by atoms with Crippen molar-refractivity contribution in [3.05, 3.63) is 15.8 Å². The lowest BCUT2D eigenvalue weighted by Gasteiger charge is -2.25. The second-order valence-corrected chi connectivity index (χ2v) is 8.94. The van der Waals surface area contributed by atoms with Gasteiger partial charge in [0.25, 0.3) is 0 Å². The van der Waals surface area contributed by atoms with Crippen molar-refractivity contribution < 1.29 is 13.5 Å². The van der Waals surface area contributed by atoms with Gasteiger partial charge in [0.15, 0.2) is 0 Å². The Hall–Kier alpha value is -0.120. The number of aliphatic hydroxyl groups is 1. The summed E-state index contributed by atoms with van der Waals surface area (Å²) < 4.78 is 27.1. The van der Waals surface area contributed by atoms with Gasteiger partial charge in [0.2, 0.25) is 10.0 Å². The predicted octanol–water partition coefficient (Wildman–Crippen LogP) is 0.876. The Morgan fingerprint density at radius 2 is 2.10 bits per heavy atom. The van der Waals surface area contributed by atoms with E-state index >= 15 is 0 Å². The number of rotatable bonds is 6. The molecule has 0 radical (unpaired) electrons. The third kappa shape index (κ3) is 4.19. The maximum atomic E-state index is 12.2. The summed E-state index contributed by atoms with van der Waals surface area (Å²) in [5, 5.41) is 9.07. The van der Waals surface area contributed by atoms with Gasteiger partial charge in [-0.05, 0) is 13.0 Å². The molecule has 2 rings (SSSR count). The number of nitrogens with zero attached hydrogens (tertiary/aromatic N) is 1.